The third-order valence-electron chi connectivity index (χ3n) is 8.16. The summed E-state index contributed by atoms with van der Waals surface area (Å²) in [7, 11) is -3.20. The van der Waals surface area contributed by atoms with E-state index in [-0.39, 0.29) is 23.9 Å². The number of piperazine rings is 1. The first-order valence-corrected chi connectivity index (χ1v) is 16.4. The lowest BCUT2D eigenvalue weighted by Crippen LogP contribution is -2.47. The van der Waals surface area contributed by atoms with Crippen LogP contribution in [0.15, 0.2) is 47.5 Å². The van der Waals surface area contributed by atoms with Gasteiger partial charge in [-0.1, -0.05) is 6.07 Å². The Hall–Kier alpha value is -3.35. The molecule has 0 unspecified atom stereocenters. The quantitative estimate of drug-likeness (QED) is 0.433. The molecule has 0 bridgehead atoms. The van der Waals surface area contributed by atoms with Gasteiger partial charge in [0.25, 0.3) is 5.91 Å². The predicted molar refractivity (Wildman–Crippen MR) is 159 cm³/mol. The Morgan fingerprint density at radius 2 is 1.69 bits per heavy atom. The van der Waals surface area contributed by atoms with E-state index in [0.717, 1.165) is 42.3 Å². The fourth-order valence-electron chi connectivity index (χ4n) is 5.96. The highest BCUT2D eigenvalue weighted by Crippen LogP contribution is 2.33. The molecule has 226 valence electrons. The minimum Gasteiger partial charge on any atom is -0.354 e. The highest BCUT2D eigenvalue weighted by molar-refractivity contribution is 7.88. The van der Waals surface area contributed by atoms with Gasteiger partial charge in [-0.05, 0) is 81.5 Å². The lowest BCUT2D eigenvalue weighted by atomic mass is 9.85. The van der Waals surface area contributed by atoms with E-state index in [2.05, 4.69) is 30.8 Å². The lowest BCUT2D eigenvalue weighted by molar-refractivity contribution is -0.126. The third kappa shape index (κ3) is 6.99. The van der Waals surface area contributed by atoms with Gasteiger partial charge in [-0.25, -0.2) is 12.8 Å². The molecule has 2 aromatic carbocycles. The molecule has 0 atom stereocenters. The van der Waals surface area contributed by atoms with Gasteiger partial charge in [-0.15, -0.1) is 0 Å². The van der Waals surface area contributed by atoms with Crippen LogP contribution in [0.25, 0.3) is 11.0 Å². The Bertz CT molecular complexity index is 1610. The number of nitrogens with zero attached hydrogens (tertiary/aromatic N) is 4. The number of aromatic amines is 1. The Labute approximate surface area is 245 Å². The first-order valence-electron chi connectivity index (χ1n) is 14.5. The van der Waals surface area contributed by atoms with E-state index < -0.39 is 21.7 Å². The summed E-state index contributed by atoms with van der Waals surface area (Å²) in [5.41, 5.74) is 3.55. The fourth-order valence-corrected chi connectivity index (χ4v) is 6.78. The summed E-state index contributed by atoms with van der Waals surface area (Å²) in [4.78, 5) is 35.7. The largest absolute Gasteiger partial charge is 0.354 e. The summed E-state index contributed by atoms with van der Waals surface area (Å²) in [6.07, 6.45) is 4.24. The maximum atomic E-state index is 13.4. The van der Waals surface area contributed by atoms with Gasteiger partial charge in [0.2, 0.25) is 21.5 Å². The van der Waals surface area contributed by atoms with Crippen LogP contribution < -0.4 is 10.9 Å². The molecule has 1 aromatic heterocycles. The normalized spacial score (nSPS) is 21.2. The average molecular weight is 599 g/mol. The molecule has 2 amide bonds. The van der Waals surface area contributed by atoms with Crippen LogP contribution in [0.1, 0.15) is 61.5 Å². The number of nitrogens with one attached hydrogen (secondary N) is 2. The van der Waals surface area contributed by atoms with Gasteiger partial charge in [0.1, 0.15) is 5.82 Å². The summed E-state index contributed by atoms with van der Waals surface area (Å²) in [5, 5.41) is 3.03. The molecule has 0 radical (unpaired) electrons. The standard InChI is InChI=1S/C30H39FN6O4S/c1-20(2)32-28(38)23-7-11-25(12-8-23)37-27-18-21(19-35-14-16-36(17-15-35)42(3,40)41)4-13-26(27)33-30(37)34-29(39)22-5-9-24(31)10-6-22/h4-6,9-10,13,18,20,23,25H,7-8,11-12,14-17,19H2,1-3H3,(H,32,38)(H,33,34,39)/t23-,25+. The van der Waals surface area contributed by atoms with Gasteiger partial charge in [-0.2, -0.15) is 9.30 Å². The number of carbonyl (C=O) groups excluding carboxylic acids is 2. The molecule has 1 saturated heterocycles. The van der Waals surface area contributed by atoms with Crippen molar-refractivity contribution < 1.29 is 22.4 Å². The van der Waals surface area contributed by atoms with Crippen molar-refractivity contribution in [3.05, 3.63) is 65.0 Å². The second-order valence-electron chi connectivity index (χ2n) is 11.7. The van der Waals surface area contributed by atoms with Gasteiger partial charge in [0.05, 0.1) is 17.3 Å². The lowest BCUT2D eigenvalue weighted by Gasteiger charge is -2.33. The molecule has 12 heteroatoms. The van der Waals surface area contributed by atoms with Gasteiger partial charge >= 0.3 is 0 Å². The molecule has 0 spiro atoms. The van der Waals surface area contributed by atoms with Crippen LogP contribution in [0.2, 0.25) is 0 Å². The van der Waals surface area contributed by atoms with Crippen LogP contribution in [-0.2, 0) is 21.4 Å². The summed E-state index contributed by atoms with van der Waals surface area (Å²) in [6, 6.07) is 11.6. The van der Waals surface area contributed by atoms with Crippen LogP contribution in [0.5, 0.6) is 0 Å². The number of amides is 2. The number of carbonyl (C=O) groups is 2. The van der Waals surface area contributed by atoms with Crippen LogP contribution in [-0.4, -0.2) is 77.5 Å². The van der Waals surface area contributed by atoms with Crippen molar-refractivity contribution >= 4 is 32.9 Å². The highest BCUT2D eigenvalue weighted by atomic mass is 32.2. The topological polar surface area (TPSA) is 120 Å². The maximum absolute atomic E-state index is 13.4. The molecule has 42 heavy (non-hydrogen) atoms. The Morgan fingerprint density at radius 3 is 2.31 bits per heavy atom. The molecular weight excluding hydrogens is 559 g/mol. The molecule has 1 saturated carbocycles. The zero-order valence-corrected chi connectivity index (χ0v) is 25.2. The van der Waals surface area contributed by atoms with Crippen molar-refractivity contribution in [3.8, 4) is 0 Å². The van der Waals surface area contributed by atoms with Crippen molar-refractivity contribution in [1.82, 2.24) is 24.1 Å². The predicted octanol–water partition coefficient (Wildman–Crippen LogP) is 3.18. The van der Waals surface area contributed by atoms with Crippen LogP contribution in [0.4, 0.5) is 4.39 Å². The zero-order chi connectivity index (χ0) is 30.0. The van der Waals surface area contributed by atoms with Gasteiger partial charge in [-0.3, -0.25) is 14.5 Å². The van der Waals surface area contributed by atoms with E-state index in [9.17, 15) is 22.4 Å². The number of H-pyrrole nitrogens is 1. The molecule has 2 N–H and O–H groups in total. The molecule has 2 heterocycles. The van der Waals surface area contributed by atoms with Crippen molar-refractivity contribution in [2.75, 3.05) is 32.4 Å². The molecule has 2 fully saturated rings. The first-order chi connectivity index (χ1) is 20.0. The molecule has 3 aromatic rings. The second kappa shape index (κ2) is 12.5. The first kappa shape index (κ1) is 30.1. The number of sulfonamides is 1. The van der Waals surface area contributed by atoms with Gasteiger partial charge < -0.3 is 14.9 Å². The number of hydrogen-bond donors (Lipinski definition) is 2. The molecular formula is C30H39FN6O4S. The van der Waals surface area contributed by atoms with E-state index >= 15 is 0 Å². The summed E-state index contributed by atoms with van der Waals surface area (Å²) < 4.78 is 40.8. The van der Waals surface area contributed by atoms with Crippen LogP contribution in [0.3, 0.4) is 0 Å². The number of aromatic nitrogens is 2. The van der Waals surface area contributed by atoms with Crippen molar-refractivity contribution in [1.29, 1.82) is 0 Å². The van der Waals surface area contributed by atoms with Crippen LogP contribution >= 0.6 is 0 Å². The number of imidazole rings is 1. The Balaban J connectivity index is 1.44. The smallest absolute Gasteiger partial charge is 0.280 e. The van der Waals surface area contributed by atoms with E-state index in [0.29, 0.717) is 43.9 Å². The molecule has 10 nitrogen and oxygen atoms in total. The monoisotopic (exact) mass is 598 g/mol. The van der Waals surface area contributed by atoms with Gasteiger partial charge in [0.15, 0.2) is 0 Å². The second-order valence-corrected chi connectivity index (χ2v) is 13.7. The molecule has 1 aliphatic heterocycles. The number of fused-ring (bicyclic) bond motifs is 1. The number of benzene rings is 2. The average Bonchev–Trinajstić information content (AvgIpc) is 3.30. The fraction of sp³-hybridized carbons (Fsp3) is 0.500. The Morgan fingerprint density at radius 1 is 1.02 bits per heavy atom. The number of halogens is 1. The zero-order valence-electron chi connectivity index (χ0n) is 24.3. The molecule has 5 rings (SSSR count). The third-order valence-corrected chi connectivity index (χ3v) is 9.47. The summed E-state index contributed by atoms with van der Waals surface area (Å²) in [6.45, 7) is 6.81. The SMILES string of the molecule is CC(C)NC(=O)[C@H]1CC[C@@H](n2/c(=N/C(=O)c3ccc(F)cc3)[nH]c3ccc(CN4CCN(S(C)(=O)=O)CC4)cc32)CC1. The molecule has 2 aliphatic rings. The Kier molecular flexibility index (Phi) is 8.95. The summed E-state index contributed by atoms with van der Waals surface area (Å²) in [5.74, 6) is -0.848. The number of rotatable bonds is 7. The van der Waals surface area contributed by atoms with Crippen molar-refractivity contribution in [2.24, 2.45) is 10.9 Å². The highest BCUT2D eigenvalue weighted by Gasteiger charge is 2.29. The summed E-state index contributed by atoms with van der Waals surface area (Å²) >= 11 is 0. The van der Waals surface area contributed by atoms with Crippen molar-refractivity contribution in [3.63, 3.8) is 0 Å². The van der Waals surface area contributed by atoms with Crippen molar-refractivity contribution in [2.45, 2.75) is 58.2 Å². The number of hydrogen-bond acceptors (Lipinski definition) is 5. The molecule has 1 aliphatic carbocycles. The van der Waals surface area contributed by atoms with E-state index in [1.54, 1.807) is 0 Å². The minimum absolute atomic E-state index is 0.0372. The minimum atomic E-state index is -3.20. The van der Waals surface area contributed by atoms with Gasteiger partial charge in [0, 0.05) is 56.3 Å². The van der Waals surface area contributed by atoms with E-state index in [1.165, 1.54) is 34.8 Å². The van der Waals surface area contributed by atoms with Crippen LogP contribution in [0, 0.1) is 11.7 Å². The van der Waals surface area contributed by atoms with E-state index in [4.69, 9.17) is 0 Å². The maximum Gasteiger partial charge on any atom is 0.280 e. The van der Waals surface area contributed by atoms with E-state index in [1.807, 2.05) is 26.0 Å².